The Bertz CT molecular complexity index is 925. The first-order valence-corrected chi connectivity index (χ1v) is 8.45. The maximum Gasteiger partial charge on any atom is 0.219 e. The molecule has 1 fully saturated rings. The van der Waals surface area contributed by atoms with Crippen LogP contribution in [0.25, 0.3) is 16.9 Å². The molecular weight excluding hydrogens is 334 g/mol. The molecule has 0 unspecified atom stereocenters. The zero-order chi connectivity index (χ0) is 18.3. The minimum absolute atomic E-state index is 0.218. The standard InChI is InChI=1S/C17H21N7O2/c1-17(2,25)13-10-24-9-12(11-7-19-16(18)20-8-11)21-14(15(24)22-13)23-3-5-26-6-4-23/h7-10,25H,3-6H2,1-2H3,(H2,18,19,20). The number of fused-ring (bicyclic) bond motifs is 1. The second kappa shape index (κ2) is 6.19. The highest BCUT2D eigenvalue weighted by atomic mass is 16.5. The molecule has 4 rings (SSSR count). The summed E-state index contributed by atoms with van der Waals surface area (Å²) in [5.41, 5.74) is 7.29. The average Bonchev–Trinajstić information content (AvgIpc) is 3.07. The highest BCUT2D eigenvalue weighted by molar-refractivity contribution is 5.70. The number of anilines is 2. The molecule has 1 saturated heterocycles. The normalized spacial score (nSPS) is 15.6. The van der Waals surface area contributed by atoms with Crippen LogP contribution in [-0.4, -0.2) is 55.7 Å². The number of aliphatic hydroxyl groups is 1. The number of aromatic nitrogens is 5. The first kappa shape index (κ1) is 16.7. The monoisotopic (exact) mass is 355 g/mol. The van der Waals surface area contributed by atoms with Gasteiger partial charge in [-0.25, -0.2) is 19.9 Å². The molecule has 0 aromatic carbocycles. The molecule has 0 spiro atoms. The molecule has 0 radical (unpaired) electrons. The quantitative estimate of drug-likeness (QED) is 0.710. The molecule has 9 heteroatoms. The van der Waals surface area contributed by atoms with E-state index in [4.69, 9.17) is 15.5 Å². The summed E-state index contributed by atoms with van der Waals surface area (Å²) in [6, 6.07) is 0. The molecule has 3 aromatic heterocycles. The fourth-order valence-electron chi connectivity index (χ4n) is 2.87. The van der Waals surface area contributed by atoms with Gasteiger partial charge < -0.3 is 24.9 Å². The van der Waals surface area contributed by atoms with Crippen molar-refractivity contribution in [3.63, 3.8) is 0 Å². The second-order valence-electron chi connectivity index (χ2n) is 6.80. The van der Waals surface area contributed by atoms with Crippen LogP contribution in [0.2, 0.25) is 0 Å². The molecule has 136 valence electrons. The maximum absolute atomic E-state index is 10.3. The number of imidazole rings is 1. The number of ether oxygens (including phenoxy) is 1. The molecule has 3 N–H and O–H groups in total. The third-order valence-corrected chi connectivity index (χ3v) is 4.33. The van der Waals surface area contributed by atoms with Crippen molar-refractivity contribution in [2.24, 2.45) is 0 Å². The molecule has 0 atom stereocenters. The molecule has 0 aliphatic carbocycles. The van der Waals surface area contributed by atoms with Gasteiger partial charge in [-0.3, -0.25) is 0 Å². The van der Waals surface area contributed by atoms with Crippen molar-refractivity contribution < 1.29 is 9.84 Å². The highest BCUT2D eigenvalue weighted by Gasteiger charge is 2.24. The van der Waals surface area contributed by atoms with Gasteiger partial charge >= 0.3 is 0 Å². The van der Waals surface area contributed by atoms with E-state index in [-0.39, 0.29) is 5.95 Å². The van der Waals surface area contributed by atoms with Crippen molar-refractivity contribution in [3.8, 4) is 11.3 Å². The number of morpholine rings is 1. The fourth-order valence-corrected chi connectivity index (χ4v) is 2.87. The minimum Gasteiger partial charge on any atom is -0.384 e. The van der Waals surface area contributed by atoms with E-state index in [0.29, 0.717) is 30.2 Å². The van der Waals surface area contributed by atoms with Crippen molar-refractivity contribution in [1.82, 2.24) is 24.3 Å². The Balaban J connectivity index is 1.89. The highest BCUT2D eigenvalue weighted by Crippen LogP contribution is 2.28. The number of rotatable bonds is 3. The summed E-state index contributed by atoms with van der Waals surface area (Å²) in [5.74, 6) is 0.966. The van der Waals surface area contributed by atoms with Gasteiger partial charge in [0.05, 0.1) is 24.6 Å². The fraction of sp³-hybridized carbons (Fsp3) is 0.412. The van der Waals surface area contributed by atoms with Gasteiger partial charge in [0.1, 0.15) is 5.60 Å². The Kier molecular flexibility index (Phi) is 3.97. The lowest BCUT2D eigenvalue weighted by molar-refractivity contribution is 0.0744. The zero-order valence-electron chi connectivity index (χ0n) is 14.8. The van der Waals surface area contributed by atoms with Gasteiger partial charge in [-0.2, -0.15) is 0 Å². The minimum atomic E-state index is -1.04. The van der Waals surface area contributed by atoms with E-state index in [1.165, 1.54) is 0 Å². The molecule has 26 heavy (non-hydrogen) atoms. The van der Waals surface area contributed by atoms with Crippen LogP contribution in [0.1, 0.15) is 19.5 Å². The number of nitrogens with two attached hydrogens (primary N) is 1. The summed E-state index contributed by atoms with van der Waals surface area (Å²) < 4.78 is 7.34. The van der Waals surface area contributed by atoms with Gasteiger partial charge in [-0.1, -0.05) is 0 Å². The molecule has 3 aromatic rings. The van der Waals surface area contributed by atoms with Gasteiger partial charge in [0.2, 0.25) is 5.95 Å². The lowest BCUT2D eigenvalue weighted by atomic mass is 10.1. The first-order chi connectivity index (χ1) is 12.4. The van der Waals surface area contributed by atoms with Crippen molar-refractivity contribution in [3.05, 3.63) is 30.5 Å². The summed E-state index contributed by atoms with van der Waals surface area (Å²) in [4.78, 5) is 19.7. The van der Waals surface area contributed by atoms with Gasteiger partial charge in [-0.15, -0.1) is 0 Å². The Morgan fingerprint density at radius 2 is 1.81 bits per heavy atom. The number of nitrogens with zero attached hydrogens (tertiary/aromatic N) is 6. The SMILES string of the molecule is CC(C)(O)c1cn2cc(-c3cnc(N)nc3)nc(N3CCOCC3)c2n1. The third kappa shape index (κ3) is 3.06. The molecule has 9 nitrogen and oxygen atoms in total. The van der Waals surface area contributed by atoms with Gasteiger partial charge in [0.15, 0.2) is 11.5 Å². The smallest absolute Gasteiger partial charge is 0.219 e. The zero-order valence-corrected chi connectivity index (χ0v) is 14.8. The maximum atomic E-state index is 10.3. The van der Waals surface area contributed by atoms with Crippen LogP contribution >= 0.6 is 0 Å². The predicted octanol–water partition coefficient (Wildman–Crippen LogP) is 0.832. The number of nitrogen functional groups attached to an aromatic ring is 1. The van der Waals surface area contributed by atoms with Crippen molar-refractivity contribution in [2.45, 2.75) is 19.4 Å². The van der Waals surface area contributed by atoms with E-state index < -0.39 is 5.60 Å². The van der Waals surface area contributed by atoms with Crippen LogP contribution in [0.3, 0.4) is 0 Å². The first-order valence-electron chi connectivity index (χ1n) is 8.45. The van der Waals surface area contributed by atoms with Crippen LogP contribution in [0.4, 0.5) is 11.8 Å². The summed E-state index contributed by atoms with van der Waals surface area (Å²) in [5, 5.41) is 10.3. The van der Waals surface area contributed by atoms with Crippen molar-refractivity contribution in [2.75, 3.05) is 36.9 Å². The van der Waals surface area contributed by atoms with Gasteiger partial charge in [0.25, 0.3) is 0 Å². The summed E-state index contributed by atoms with van der Waals surface area (Å²) in [6.07, 6.45) is 6.97. The number of hydrogen-bond donors (Lipinski definition) is 2. The van der Waals surface area contributed by atoms with E-state index in [0.717, 1.165) is 24.5 Å². The van der Waals surface area contributed by atoms with E-state index >= 15 is 0 Å². The molecule has 1 aliphatic heterocycles. The summed E-state index contributed by atoms with van der Waals surface area (Å²) in [7, 11) is 0. The molecule has 4 heterocycles. The van der Waals surface area contributed by atoms with Crippen LogP contribution in [0.5, 0.6) is 0 Å². The molecule has 1 aliphatic rings. The Hall–Kier alpha value is -2.78. The number of hydrogen-bond acceptors (Lipinski definition) is 8. The Morgan fingerprint density at radius 3 is 2.46 bits per heavy atom. The Morgan fingerprint density at radius 1 is 1.12 bits per heavy atom. The molecule has 0 amide bonds. The van der Waals surface area contributed by atoms with E-state index in [9.17, 15) is 5.11 Å². The second-order valence-corrected chi connectivity index (χ2v) is 6.80. The summed E-state index contributed by atoms with van der Waals surface area (Å²) >= 11 is 0. The van der Waals surface area contributed by atoms with Gasteiger partial charge in [0, 0.05) is 43.4 Å². The summed E-state index contributed by atoms with van der Waals surface area (Å²) in [6.45, 7) is 6.17. The lowest BCUT2D eigenvalue weighted by Crippen LogP contribution is -2.37. The molecule has 0 saturated carbocycles. The third-order valence-electron chi connectivity index (χ3n) is 4.33. The molecular formula is C17H21N7O2. The van der Waals surface area contributed by atoms with Crippen molar-refractivity contribution >= 4 is 17.4 Å². The Labute approximate surface area is 150 Å². The van der Waals surface area contributed by atoms with Crippen LogP contribution in [0.15, 0.2) is 24.8 Å². The van der Waals surface area contributed by atoms with Crippen molar-refractivity contribution in [1.29, 1.82) is 0 Å². The van der Waals surface area contributed by atoms with Crippen LogP contribution < -0.4 is 10.6 Å². The van der Waals surface area contributed by atoms with E-state index in [1.807, 2.05) is 16.8 Å². The van der Waals surface area contributed by atoms with Crippen LogP contribution in [-0.2, 0) is 10.3 Å². The lowest BCUT2D eigenvalue weighted by Gasteiger charge is -2.28. The largest absolute Gasteiger partial charge is 0.384 e. The molecule has 0 bridgehead atoms. The van der Waals surface area contributed by atoms with E-state index in [1.54, 1.807) is 26.2 Å². The van der Waals surface area contributed by atoms with Crippen LogP contribution in [0, 0.1) is 0 Å². The van der Waals surface area contributed by atoms with Gasteiger partial charge in [-0.05, 0) is 13.8 Å². The van der Waals surface area contributed by atoms with E-state index in [2.05, 4.69) is 19.9 Å². The topological polar surface area (TPSA) is 115 Å². The average molecular weight is 355 g/mol. The predicted molar refractivity (Wildman–Crippen MR) is 96.7 cm³/mol.